The summed E-state index contributed by atoms with van der Waals surface area (Å²) < 4.78 is 0. The molecule has 0 bridgehead atoms. The smallest absolute Gasteiger partial charge is 0.321 e. The van der Waals surface area contributed by atoms with Gasteiger partial charge in [-0.25, -0.2) is 4.79 Å². The summed E-state index contributed by atoms with van der Waals surface area (Å²) >= 11 is 0. The van der Waals surface area contributed by atoms with E-state index < -0.39 is 6.03 Å². The number of hydrogen-bond donors (Lipinski definition) is 3. The van der Waals surface area contributed by atoms with E-state index in [1.54, 1.807) is 0 Å². The van der Waals surface area contributed by atoms with Crippen molar-refractivity contribution >= 4 is 11.9 Å². The third-order valence-corrected chi connectivity index (χ3v) is 3.50. The van der Waals surface area contributed by atoms with Crippen LogP contribution in [0.15, 0.2) is 0 Å². The summed E-state index contributed by atoms with van der Waals surface area (Å²) in [5.74, 6) is 0.294. The van der Waals surface area contributed by atoms with Gasteiger partial charge in [-0.2, -0.15) is 0 Å². The Labute approximate surface area is 121 Å². The topological polar surface area (TPSA) is 73.5 Å². The predicted molar refractivity (Wildman–Crippen MR) is 79.5 cm³/mol. The Bertz CT molecular complexity index is 333. The lowest BCUT2D eigenvalue weighted by molar-refractivity contribution is -0.122. The lowest BCUT2D eigenvalue weighted by atomic mass is 10.1. The van der Waals surface area contributed by atoms with E-state index in [2.05, 4.69) is 48.5 Å². The first-order chi connectivity index (χ1) is 9.38. The predicted octanol–water partition coefficient (Wildman–Crippen LogP) is 0.541. The van der Waals surface area contributed by atoms with Gasteiger partial charge in [0, 0.05) is 31.7 Å². The zero-order valence-corrected chi connectivity index (χ0v) is 13.0. The first kappa shape index (κ1) is 16.9. The molecule has 116 valence electrons. The Morgan fingerprint density at radius 2 is 2.05 bits per heavy atom. The third-order valence-electron chi connectivity index (χ3n) is 3.50. The Balaban J connectivity index is 2.26. The van der Waals surface area contributed by atoms with Gasteiger partial charge in [-0.1, -0.05) is 13.8 Å². The highest BCUT2D eigenvalue weighted by Gasteiger charge is 2.24. The van der Waals surface area contributed by atoms with Crippen LogP contribution < -0.4 is 16.0 Å². The van der Waals surface area contributed by atoms with Gasteiger partial charge in [0.05, 0.1) is 6.54 Å². The minimum atomic E-state index is -0.397. The van der Waals surface area contributed by atoms with Crippen LogP contribution in [0.25, 0.3) is 0 Å². The highest BCUT2D eigenvalue weighted by atomic mass is 16.2. The van der Waals surface area contributed by atoms with E-state index in [-0.39, 0.29) is 12.5 Å². The second-order valence-electron chi connectivity index (χ2n) is 6.07. The van der Waals surface area contributed by atoms with Crippen molar-refractivity contribution in [3.63, 3.8) is 0 Å². The van der Waals surface area contributed by atoms with Gasteiger partial charge in [0.25, 0.3) is 0 Å². The van der Waals surface area contributed by atoms with Crippen molar-refractivity contribution in [2.45, 2.75) is 46.2 Å². The molecule has 1 aliphatic rings. The first-order valence-corrected chi connectivity index (χ1v) is 7.43. The molecule has 0 radical (unpaired) electrons. The van der Waals surface area contributed by atoms with Crippen molar-refractivity contribution in [2.75, 3.05) is 26.2 Å². The molecule has 1 heterocycles. The first-order valence-electron chi connectivity index (χ1n) is 7.43. The summed E-state index contributed by atoms with van der Waals surface area (Å²) in [6.07, 6.45) is 0.911. The molecule has 0 aromatic carbocycles. The fraction of sp³-hybridized carbons (Fsp3) is 0.857. The summed E-state index contributed by atoms with van der Waals surface area (Å²) in [7, 11) is 0. The summed E-state index contributed by atoms with van der Waals surface area (Å²) in [5.41, 5.74) is 0. The van der Waals surface area contributed by atoms with E-state index in [1.807, 2.05) is 0 Å². The monoisotopic (exact) mass is 284 g/mol. The molecular formula is C14H28N4O2. The molecule has 6 nitrogen and oxygen atoms in total. The van der Waals surface area contributed by atoms with Crippen molar-refractivity contribution in [2.24, 2.45) is 5.92 Å². The maximum absolute atomic E-state index is 11.8. The lowest BCUT2D eigenvalue weighted by Crippen LogP contribution is -2.57. The van der Waals surface area contributed by atoms with Crippen LogP contribution in [0.2, 0.25) is 0 Å². The van der Waals surface area contributed by atoms with Gasteiger partial charge in [-0.3, -0.25) is 15.0 Å². The van der Waals surface area contributed by atoms with Crippen LogP contribution in [-0.2, 0) is 4.79 Å². The van der Waals surface area contributed by atoms with Crippen LogP contribution in [0.1, 0.15) is 34.1 Å². The van der Waals surface area contributed by atoms with Crippen LogP contribution in [0.3, 0.4) is 0 Å². The van der Waals surface area contributed by atoms with E-state index in [0.717, 1.165) is 19.5 Å². The standard InChI is InChI=1S/C14H28N4O2/c1-10(2)5-6-15-14(20)17-13(19)9-18-8-11(3)16-7-12(18)4/h10-12,16H,5-9H2,1-4H3,(H2,15,17,19,20). The molecule has 3 amide bonds. The van der Waals surface area contributed by atoms with E-state index in [4.69, 9.17) is 0 Å². The molecule has 1 aliphatic heterocycles. The fourth-order valence-electron chi connectivity index (χ4n) is 2.19. The van der Waals surface area contributed by atoms with Crippen molar-refractivity contribution in [1.82, 2.24) is 20.9 Å². The van der Waals surface area contributed by atoms with Crippen molar-refractivity contribution in [3.05, 3.63) is 0 Å². The van der Waals surface area contributed by atoms with E-state index in [1.165, 1.54) is 0 Å². The molecule has 2 unspecified atom stereocenters. The Morgan fingerprint density at radius 3 is 2.70 bits per heavy atom. The molecular weight excluding hydrogens is 256 g/mol. The molecule has 6 heteroatoms. The van der Waals surface area contributed by atoms with Crippen molar-refractivity contribution < 1.29 is 9.59 Å². The van der Waals surface area contributed by atoms with Gasteiger partial charge >= 0.3 is 6.03 Å². The zero-order valence-electron chi connectivity index (χ0n) is 13.0. The molecule has 2 atom stereocenters. The molecule has 0 saturated carbocycles. The molecule has 1 fully saturated rings. The molecule has 0 aliphatic carbocycles. The Hall–Kier alpha value is -1.14. The molecule has 0 spiro atoms. The van der Waals surface area contributed by atoms with Gasteiger partial charge < -0.3 is 10.6 Å². The summed E-state index contributed by atoms with van der Waals surface area (Å²) in [6, 6.07) is 0.284. The van der Waals surface area contributed by atoms with Crippen molar-refractivity contribution in [3.8, 4) is 0 Å². The highest BCUT2D eigenvalue weighted by Crippen LogP contribution is 2.05. The zero-order chi connectivity index (χ0) is 15.1. The summed E-state index contributed by atoms with van der Waals surface area (Å²) in [4.78, 5) is 25.5. The van der Waals surface area contributed by atoms with Gasteiger partial charge in [0.15, 0.2) is 0 Å². The number of rotatable bonds is 5. The largest absolute Gasteiger partial charge is 0.338 e. The number of hydrogen-bond acceptors (Lipinski definition) is 4. The molecule has 1 saturated heterocycles. The minimum absolute atomic E-state index is 0.243. The second-order valence-corrected chi connectivity index (χ2v) is 6.07. The number of piperazine rings is 1. The van der Waals surface area contributed by atoms with Crippen LogP contribution in [0, 0.1) is 5.92 Å². The van der Waals surface area contributed by atoms with Crippen LogP contribution >= 0.6 is 0 Å². The van der Waals surface area contributed by atoms with Gasteiger partial charge in [-0.05, 0) is 26.2 Å². The van der Waals surface area contributed by atoms with Crippen LogP contribution in [0.4, 0.5) is 4.79 Å². The number of amides is 3. The molecule has 0 aromatic heterocycles. The van der Waals surface area contributed by atoms with Gasteiger partial charge in [0.1, 0.15) is 0 Å². The molecule has 0 aromatic rings. The highest BCUT2D eigenvalue weighted by molar-refractivity contribution is 5.95. The number of nitrogens with one attached hydrogen (secondary N) is 3. The Morgan fingerprint density at radius 1 is 1.35 bits per heavy atom. The summed E-state index contributed by atoms with van der Waals surface area (Å²) in [5, 5.41) is 8.45. The normalized spacial score (nSPS) is 23.6. The van der Waals surface area contributed by atoms with Gasteiger partial charge in [0.2, 0.25) is 5.91 Å². The number of imide groups is 1. The van der Waals surface area contributed by atoms with Crippen LogP contribution in [0.5, 0.6) is 0 Å². The minimum Gasteiger partial charge on any atom is -0.338 e. The van der Waals surface area contributed by atoms with E-state index in [0.29, 0.717) is 24.5 Å². The number of urea groups is 1. The third kappa shape index (κ3) is 6.34. The molecule has 1 rings (SSSR count). The molecule has 20 heavy (non-hydrogen) atoms. The SMILES string of the molecule is CC(C)CCNC(=O)NC(=O)CN1CC(C)NCC1C. The Kier molecular flexibility index (Phi) is 6.95. The maximum Gasteiger partial charge on any atom is 0.321 e. The number of nitrogens with zero attached hydrogens (tertiary/aromatic N) is 1. The van der Waals surface area contributed by atoms with E-state index >= 15 is 0 Å². The average Bonchev–Trinajstić information content (AvgIpc) is 2.33. The second kappa shape index (κ2) is 8.21. The average molecular weight is 284 g/mol. The summed E-state index contributed by atoms with van der Waals surface area (Å²) in [6.45, 7) is 10.9. The number of carbonyl (C=O) groups excluding carboxylic acids is 2. The maximum atomic E-state index is 11.8. The number of carbonyl (C=O) groups is 2. The molecule has 3 N–H and O–H groups in total. The van der Waals surface area contributed by atoms with Crippen LogP contribution in [-0.4, -0.2) is 55.1 Å². The van der Waals surface area contributed by atoms with Gasteiger partial charge in [-0.15, -0.1) is 0 Å². The van der Waals surface area contributed by atoms with E-state index in [9.17, 15) is 9.59 Å². The quantitative estimate of drug-likeness (QED) is 0.689. The van der Waals surface area contributed by atoms with Crippen molar-refractivity contribution in [1.29, 1.82) is 0 Å². The lowest BCUT2D eigenvalue weighted by Gasteiger charge is -2.36. The fourth-order valence-corrected chi connectivity index (χ4v) is 2.19.